The van der Waals surface area contributed by atoms with Crippen LogP contribution >= 0.6 is 0 Å². The van der Waals surface area contributed by atoms with Crippen LogP contribution in [0.4, 0.5) is 5.82 Å². The molecule has 0 atom stereocenters. The van der Waals surface area contributed by atoms with Crippen LogP contribution in [0.3, 0.4) is 0 Å². The predicted molar refractivity (Wildman–Crippen MR) is 99.7 cm³/mol. The zero-order valence-electron chi connectivity index (χ0n) is 14.7. The average molecular weight is 336 g/mol. The number of methoxy groups -OCH3 is 2. The van der Waals surface area contributed by atoms with E-state index in [9.17, 15) is 0 Å². The van der Waals surface area contributed by atoms with E-state index in [4.69, 9.17) is 9.47 Å². The van der Waals surface area contributed by atoms with E-state index in [-0.39, 0.29) is 0 Å². The number of ether oxygens (including phenoxy) is 2. The van der Waals surface area contributed by atoms with Gasteiger partial charge in [-0.25, -0.2) is 9.97 Å². The highest BCUT2D eigenvalue weighted by atomic mass is 16.5. The molecule has 0 saturated heterocycles. The summed E-state index contributed by atoms with van der Waals surface area (Å²) < 4.78 is 10.6. The van der Waals surface area contributed by atoms with Gasteiger partial charge in [-0.3, -0.25) is 5.43 Å². The number of para-hydroxylation sites is 2. The largest absolute Gasteiger partial charge is 0.493 e. The van der Waals surface area contributed by atoms with Crippen molar-refractivity contribution in [3.05, 3.63) is 53.7 Å². The summed E-state index contributed by atoms with van der Waals surface area (Å²) in [5.41, 5.74) is 7.23. The molecule has 1 heterocycles. The molecule has 0 amide bonds. The Balaban J connectivity index is 1.87. The Hall–Kier alpha value is -3.15. The van der Waals surface area contributed by atoms with Gasteiger partial charge in [-0.05, 0) is 44.2 Å². The third-order valence-corrected chi connectivity index (χ3v) is 3.88. The topological polar surface area (TPSA) is 68.6 Å². The molecule has 0 aliphatic rings. The number of fused-ring (bicyclic) bond motifs is 1. The van der Waals surface area contributed by atoms with Crippen molar-refractivity contribution in [1.29, 1.82) is 0 Å². The summed E-state index contributed by atoms with van der Waals surface area (Å²) in [6.07, 6.45) is 0. The molecule has 0 fully saturated rings. The number of benzene rings is 2. The number of hydrogen-bond acceptors (Lipinski definition) is 6. The van der Waals surface area contributed by atoms with Crippen LogP contribution < -0.4 is 14.9 Å². The van der Waals surface area contributed by atoms with Crippen molar-refractivity contribution in [1.82, 2.24) is 9.97 Å². The standard InChI is InChI=1S/C19H20N4O2/c1-12(14-9-10-17(24-3)18(11-14)25-4)22-23-19-13(2)20-15-7-5-6-8-16(15)21-19/h5-11H,1-4H3,(H,21,23)/b22-12+. The highest BCUT2D eigenvalue weighted by molar-refractivity contribution is 5.99. The smallest absolute Gasteiger partial charge is 0.168 e. The molecule has 0 aliphatic heterocycles. The van der Waals surface area contributed by atoms with Gasteiger partial charge in [0.15, 0.2) is 17.3 Å². The van der Waals surface area contributed by atoms with Crippen LogP contribution in [0.5, 0.6) is 11.5 Å². The summed E-state index contributed by atoms with van der Waals surface area (Å²) >= 11 is 0. The first-order valence-corrected chi connectivity index (χ1v) is 7.88. The van der Waals surface area contributed by atoms with Crippen LogP contribution in [0.2, 0.25) is 0 Å². The second kappa shape index (κ2) is 7.17. The number of rotatable bonds is 5. The molecule has 0 spiro atoms. The SMILES string of the molecule is COc1ccc(/C(C)=N/Nc2nc3ccccc3nc2C)cc1OC. The number of nitrogens with one attached hydrogen (secondary N) is 1. The monoisotopic (exact) mass is 336 g/mol. The molecule has 0 aliphatic carbocycles. The van der Waals surface area contributed by atoms with Gasteiger partial charge in [0.05, 0.1) is 36.7 Å². The van der Waals surface area contributed by atoms with Gasteiger partial charge in [-0.1, -0.05) is 12.1 Å². The van der Waals surface area contributed by atoms with E-state index in [1.54, 1.807) is 14.2 Å². The first-order chi connectivity index (χ1) is 12.1. The molecule has 128 valence electrons. The molecular weight excluding hydrogens is 316 g/mol. The van der Waals surface area contributed by atoms with Crippen molar-refractivity contribution < 1.29 is 9.47 Å². The van der Waals surface area contributed by atoms with Crippen molar-refractivity contribution in [2.45, 2.75) is 13.8 Å². The molecule has 3 aromatic rings. The molecule has 1 aromatic heterocycles. The van der Waals surface area contributed by atoms with Gasteiger partial charge in [0, 0.05) is 5.56 Å². The highest BCUT2D eigenvalue weighted by Gasteiger charge is 2.08. The van der Waals surface area contributed by atoms with Crippen LogP contribution in [-0.2, 0) is 0 Å². The maximum absolute atomic E-state index is 5.33. The quantitative estimate of drug-likeness (QED) is 0.567. The fourth-order valence-electron chi connectivity index (χ4n) is 2.46. The van der Waals surface area contributed by atoms with Crippen LogP contribution in [-0.4, -0.2) is 29.9 Å². The predicted octanol–water partition coefficient (Wildman–Crippen LogP) is 3.79. The number of aryl methyl sites for hydroxylation is 1. The Bertz CT molecular complexity index is 938. The number of nitrogens with zero attached hydrogens (tertiary/aromatic N) is 3. The molecule has 0 bridgehead atoms. The third kappa shape index (κ3) is 3.52. The lowest BCUT2D eigenvalue weighted by atomic mass is 10.1. The normalized spacial score (nSPS) is 11.4. The zero-order chi connectivity index (χ0) is 17.8. The van der Waals surface area contributed by atoms with Gasteiger partial charge >= 0.3 is 0 Å². The van der Waals surface area contributed by atoms with Gasteiger partial charge in [-0.2, -0.15) is 5.10 Å². The number of hydrazone groups is 1. The van der Waals surface area contributed by atoms with Gasteiger partial charge in [0.25, 0.3) is 0 Å². The van der Waals surface area contributed by atoms with E-state index in [1.165, 1.54) is 0 Å². The molecule has 6 nitrogen and oxygen atoms in total. The Morgan fingerprint density at radius 2 is 1.64 bits per heavy atom. The van der Waals surface area contributed by atoms with E-state index >= 15 is 0 Å². The molecule has 25 heavy (non-hydrogen) atoms. The van der Waals surface area contributed by atoms with Gasteiger partial charge in [0.1, 0.15) is 0 Å². The summed E-state index contributed by atoms with van der Waals surface area (Å²) in [4.78, 5) is 9.12. The fraction of sp³-hybridized carbons (Fsp3) is 0.211. The second-order valence-corrected chi connectivity index (χ2v) is 5.53. The first kappa shape index (κ1) is 16.7. The summed E-state index contributed by atoms with van der Waals surface area (Å²) in [6, 6.07) is 13.4. The molecule has 1 N–H and O–H groups in total. The minimum absolute atomic E-state index is 0.638. The Morgan fingerprint density at radius 3 is 2.32 bits per heavy atom. The van der Waals surface area contributed by atoms with Gasteiger partial charge in [0.2, 0.25) is 0 Å². The Labute approximate surface area is 146 Å². The Kier molecular flexibility index (Phi) is 4.79. The van der Waals surface area contributed by atoms with E-state index < -0.39 is 0 Å². The minimum atomic E-state index is 0.638. The molecule has 0 unspecified atom stereocenters. The average Bonchev–Trinajstić information content (AvgIpc) is 2.65. The molecule has 6 heteroatoms. The first-order valence-electron chi connectivity index (χ1n) is 7.88. The summed E-state index contributed by atoms with van der Waals surface area (Å²) in [5, 5.41) is 4.43. The summed E-state index contributed by atoms with van der Waals surface area (Å²) in [6.45, 7) is 3.82. The molecule has 0 saturated carbocycles. The Morgan fingerprint density at radius 1 is 0.960 bits per heavy atom. The van der Waals surface area contributed by atoms with E-state index in [0.29, 0.717) is 17.3 Å². The summed E-state index contributed by atoms with van der Waals surface area (Å²) in [5.74, 6) is 1.98. The number of anilines is 1. The lowest BCUT2D eigenvalue weighted by Crippen LogP contribution is -2.04. The van der Waals surface area contributed by atoms with Crippen LogP contribution in [0.25, 0.3) is 11.0 Å². The number of aromatic nitrogens is 2. The lowest BCUT2D eigenvalue weighted by molar-refractivity contribution is 0.355. The minimum Gasteiger partial charge on any atom is -0.493 e. The van der Waals surface area contributed by atoms with Crippen molar-refractivity contribution in [3.8, 4) is 11.5 Å². The molecule has 2 aromatic carbocycles. The van der Waals surface area contributed by atoms with Gasteiger partial charge < -0.3 is 9.47 Å². The maximum Gasteiger partial charge on any atom is 0.168 e. The maximum atomic E-state index is 5.33. The fourth-order valence-corrected chi connectivity index (χ4v) is 2.46. The number of hydrogen-bond donors (Lipinski definition) is 1. The van der Waals surface area contributed by atoms with Crippen LogP contribution in [0.15, 0.2) is 47.6 Å². The van der Waals surface area contributed by atoms with Gasteiger partial charge in [-0.15, -0.1) is 0 Å². The van der Waals surface area contributed by atoms with Crippen LogP contribution in [0.1, 0.15) is 18.2 Å². The zero-order valence-corrected chi connectivity index (χ0v) is 14.7. The molecule has 3 rings (SSSR count). The van der Waals surface area contributed by atoms with Crippen molar-refractivity contribution in [3.63, 3.8) is 0 Å². The van der Waals surface area contributed by atoms with E-state index in [1.807, 2.05) is 56.3 Å². The van der Waals surface area contributed by atoms with Crippen molar-refractivity contribution >= 4 is 22.6 Å². The van der Waals surface area contributed by atoms with Crippen LogP contribution in [0, 0.1) is 6.92 Å². The van der Waals surface area contributed by atoms with Crippen molar-refractivity contribution in [2.75, 3.05) is 19.6 Å². The second-order valence-electron chi connectivity index (χ2n) is 5.53. The van der Waals surface area contributed by atoms with E-state index in [0.717, 1.165) is 28.0 Å². The lowest BCUT2D eigenvalue weighted by Gasteiger charge is -2.10. The highest BCUT2D eigenvalue weighted by Crippen LogP contribution is 2.27. The van der Waals surface area contributed by atoms with E-state index in [2.05, 4.69) is 20.5 Å². The summed E-state index contributed by atoms with van der Waals surface area (Å²) in [7, 11) is 3.22. The van der Waals surface area contributed by atoms with Crippen molar-refractivity contribution in [2.24, 2.45) is 5.10 Å². The molecule has 0 radical (unpaired) electrons. The third-order valence-electron chi connectivity index (χ3n) is 3.88. The molecular formula is C19H20N4O2.